The summed E-state index contributed by atoms with van der Waals surface area (Å²) >= 11 is 0. The van der Waals surface area contributed by atoms with E-state index < -0.39 is 0 Å². The average molecular weight is 492 g/mol. The van der Waals surface area contributed by atoms with Crippen LogP contribution in [0.2, 0.25) is 0 Å². The topological polar surface area (TPSA) is 65.5 Å². The summed E-state index contributed by atoms with van der Waals surface area (Å²) in [5.74, 6) is 1.40. The van der Waals surface area contributed by atoms with E-state index in [1.165, 1.54) is 11.1 Å². The Morgan fingerprint density at radius 2 is 1.46 bits per heavy atom. The summed E-state index contributed by atoms with van der Waals surface area (Å²) in [5.41, 5.74) is 2.53. The second-order valence-corrected chi connectivity index (χ2v) is 6.82. The lowest BCUT2D eigenvalue weighted by molar-refractivity contribution is -0.122. The van der Waals surface area contributed by atoms with E-state index in [0.29, 0.717) is 13.1 Å². The van der Waals surface area contributed by atoms with Crippen molar-refractivity contribution >= 4 is 35.8 Å². The third-order valence-corrected chi connectivity index (χ3v) is 4.77. The fraction of sp³-hybridized carbons (Fsp3) is 0.364. The molecule has 0 aromatic heterocycles. The molecule has 0 radical (unpaired) electrons. The first-order valence-corrected chi connectivity index (χ1v) is 9.60. The van der Waals surface area contributed by atoms with Crippen molar-refractivity contribution in [2.24, 2.45) is 10.9 Å². The minimum absolute atomic E-state index is 0. The van der Waals surface area contributed by atoms with Gasteiger partial charge in [-0.25, -0.2) is 0 Å². The van der Waals surface area contributed by atoms with Crippen LogP contribution in [0.5, 0.6) is 0 Å². The molecule has 150 valence electrons. The molecule has 0 spiro atoms. The van der Waals surface area contributed by atoms with Crippen molar-refractivity contribution in [3.63, 3.8) is 0 Å². The Hall–Kier alpha value is -2.09. The molecule has 1 aliphatic rings. The number of aliphatic imine (C=N–C) groups is 1. The highest BCUT2D eigenvalue weighted by Crippen LogP contribution is 2.28. The highest BCUT2D eigenvalue weighted by Gasteiger charge is 2.28. The first kappa shape index (κ1) is 22.2. The number of rotatable bonds is 8. The molecule has 0 aliphatic heterocycles. The normalized spacial score (nSPS) is 13.6. The maximum absolute atomic E-state index is 11.7. The minimum Gasteiger partial charge on any atom is -0.355 e. The monoisotopic (exact) mass is 492 g/mol. The number of benzene rings is 2. The lowest BCUT2D eigenvalue weighted by atomic mass is 9.91. The predicted octanol–water partition coefficient (Wildman–Crippen LogP) is 3.13. The quantitative estimate of drug-likeness (QED) is 0.230. The van der Waals surface area contributed by atoms with E-state index in [-0.39, 0.29) is 41.7 Å². The van der Waals surface area contributed by atoms with E-state index in [9.17, 15) is 4.79 Å². The highest BCUT2D eigenvalue weighted by atomic mass is 127. The minimum atomic E-state index is 0. The Labute approximate surface area is 184 Å². The van der Waals surface area contributed by atoms with Gasteiger partial charge in [-0.2, -0.15) is 0 Å². The summed E-state index contributed by atoms with van der Waals surface area (Å²) < 4.78 is 0. The Morgan fingerprint density at radius 3 is 1.96 bits per heavy atom. The zero-order valence-corrected chi connectivity index (χ0v) is 18.6. The van der Waals surface area contributed by atoms with Crippen LogP contribution in [0.3, 0.4) is 0 Å². The van der Waals surface area contributed by atoms with Crippen LogP contribution in [0.1, 0.15) is 29.9 Å². The number of carbonyl (C=O) groups is 1. The molecule has 0 bridgehead atoms. The molecule has 28 heavy (non-hydrogen) atoms. The van der Waals surface area contributed by atoms with E-state index in [1.807, 2.05) is 12.1 Å². The maximum Gasteiger partial charge on any atom is 0.223 e. The van der Waals surface area contributed by atoms with E-state index in [0.717, 1.165) is 25.3 Å². The summed E-state index contributed by atoms with van der Waals surface area (Å²) in [7, 11) is 1.76. The third-order valence-electron chi connectivity index (χ3n) is 4.77. The van der Waals surface area contributed by atoms with Gasteiger partial charge in [-0.3, -0.25) is 9.79 Å². The van der Waals surface area contributed by atoms with Crippen LogP contribution in [0.15, 0.2) is 65.7 Å². The van der Waals surface area contributed by atoms with Crippen molar-refractivity contribution in [3.05, 3.63) is 71.8 Å². The van der Waals surface area contributed by atoms with E-state index >= 15 is 0 Å². The van der Waals surface area contributed by atoms with E-state index in [2.05, 4.69) is 69.5 Å². The van der Waals surface area contributed by atoms with Gasteiger partial charge in [0.15, 0.2) is 5.96 Å². The van der Waals surface area contributed by atoms with E-state index in [4.69, 9.17) is 0 Å². The smallest absolute Gasteiger partial charge is 0.223 e. The third kappa shape index (κ3) is 6.82. The largest absolute Gasteiger partial charge is 0.355 e. The van der Waals surface area contributed by atoms with Gasteiger partial charge in [-0.1, -0.05) is 60.7 Å². The fourth-order valence-corrected chi connectivity index (χ4v) is 3.07. The molecule has 3 rings (SSSR count). The van der Waals surface area contributed by atoms with Gasteiger partial charge >= 0.3 is 0 Å². The van der Waals surface area contributed by atoms with Crippen LogP contribution in [-0.2, 0) is 4.79 Å². The Kier molecular flexibility index (Phi) is 9.27. The number of nitrogens with one attached hydrogen (secondary N) is 3. The van der Waals surface area contributed by atoms with Gasteiger partial charge in [0.2, 0.25) is 5.91 Å². The van der Waals surface area contributed by atoms with Crippen LogP contribution in [-0.4, -0.2) is 38.5 Å². The van der Waals surface area contributed by atoms with Crippen molar-refractivity contribution in [1.82, 2.24) is 16.0 Å². The van der Waals surface area contributed by atoms with E-state index in [1.54, 1.807) is 7.05 Å². The molecule has 0 heterocycles. The molecule has 6 heteroatoms. The summed E-state index contributed by atoms with van der Waals surface area (Å²) in [6.07, 6.45) is 2.06. The number of halogens is 1. The molecular formula is C22H29IN4O. The second kappa shape index (κ2) is 11.7. The molecule has 1 saturated carbocycles. The predicted molar refractivity (Wildman–Crippen MR) is 125 cm³/mol. The molecule has 3 N–H and O–H groups in total. The number of guanidine groups is 1. The van der Waals surface area contributed by atoms with Crippen LogP contribution in [0, 0.1) is 5.92 Å². The molecule has 2 aromatic rings. The van der Waals surface area contributed by atoms with Gasteiger partial charge in [0, 0.05) is 38.5 Å². The summed E-state index contributed by atoms with van der Waals surface area (Å²) in [6.45, 7) is 2.00. The van der Waals surface area contributed by atoms with Gasteiger partial charge in [0.25, 0.3) is 0 Å². The number of amides is 1. The Balaban J connectivity index is 0.00000280. The lowest BCUT2D eigenvalue weighted by Gasteiger charge is -2.20. The number of hydrogen-bond donors (Lipinski definition) is 3. The first-order chi connectivity index (χ1) is 13.3. The molecule has 0 saturated heterocycles. The highest BCUT2D eigenvalue weighted by molar-refractivity contribution is 14.0. The van der Waals surface area contributed by atoms with Gasteiger partial charge < -0.3 is 16.0 Å². The van der Waals surface area contributed by atoms with Crippen molar-refractivity contribution in [2.75, 3.05) is 26.7 Å². The number of nitrogens with zero attached hydrogens (tertiary/aromatic N) is 1. The van der Waals surface area contributed by atoms with Gasteiger partial charge in [-0.05, 0) is 24.0 Å². The Morgan fingerprint density at radius 1 is 0.929 bits per heavy atom. The van der Waals surface area contributed by atoms with Crippen molar-refractivity contribution < 1.29 is 4.79 Å². The van der Waals surface area contributed by atoms with Crippen LogP contribution in [0.4, 0.5) is 0 Å². The molecule has 1 aliphatic carbocycles. The summed E-state index contributed by atoms with van der Waals surface area (Å²) in [6, 6.07) is 21.0. The van der Waals surface area contributed by atoms with Crippen LogP contribution < -0.4 is 16.0 Å². The van der Waals surface area contributed by atoms with Crippen molar-refractivity contribution in [1.29, 1.82) is 0 Å². The van der Waals surface area contributed by atoms with Gasteiger partial charge in [0.1, 0.15) is 0 Å². The van der Waals surface area contributed by atoms with Gasteiger partial charge in [0.05, 0.1) is 0 Å². The molecule has 0 unspecified atom stereocenters. The molecule has 0 atom stereocenters. The SMILES string of the molecule is CN=C(NCCNC(=O)C1CC1)NCC(c1ccccc1)c1ccccc1.I. The molecule has 1 fully saturated rings. The van der Waals surface area contributed by atoms with Crippen LogP contribution >= 0.6 is 24.0 Å². The van der Waals surface area contributed by atoms with Crippen molar-refractivity contribution in [3.8, 4) is 0 Å². The average Bonchev–Trinajstić information content (AvgIpc) is 3.56. The van der Waals surface area contributed by atoms with Crippen molar-refractivity contribution in [2.45, 2.75) is 18.8 Å². The summed E-state index contributed by atoms with van der Waals surface area (Å²) in [4.78, 5) is 16.0. The van der Waals surface area contributed by atoms with Gasteiger partial charge in [-0.15, -0.1) is 24.0 Å². The number of carbonyl (C=O) groups excluding carboxylic acids is 1. The fourth-order valence-electron chi connectivity index (χ4n) is 3.07. The molecular weight excluding hydrogens is 463 g/mol. The maximum atomic E-state index is 11.7. The first-order valence-electron chi connectivity index (χ1n) is 9.60. The lowest BCUT2D eigenvalue weighted by Crippen LogP contribution is -2.43. The molecule has 5 nitrogen and oxygen atoms in total. The van der Waals surface area contributed by atoms with Crippen LogP contribution in [0.25, 0.3) is 0 Å². The molecule has 1 amide bonds. The number of hydrogen-bond acceptors (Lipinski definition) is 2. The Bertz CT molecular complexity index is 708. The standard InChI is InChI=1S/C22H28N4O.HI/c1-23-22(25-15-14-24-21(27)19-12-13-19)26-16-20(17-8-4-2-5-9-17)18-10-6-3-7-11-18;/h2-11,19-20H,12-16H2,1H3,(H,24,27)(H2,23,25,26);1H. The molecule has 2 aromatic carbocycles. The zero-order valence-electron chi connectivity index (χ0n) is 16.2. The summed E-state index contributed by atoms with van der Waals surface area (Å²) in [5, 5.41) is 9.64. The zero-order chi connectivity index (χ0) is 18.9. The second-order valence-electron chi connectivity index (χ2n) is 6.82.